The Bertz CT molecular complexity index is 1010. The lowest BCUT2D eigenvalue weighted by Crippen LogP contribution is -2.28. The number of carbonyl (C=O) groups excluding carboxylic acids is 1. The first-order chi connectivity index (χ1) is 12.8. The van der Waals surface area contributed by atoms with Gasteiger partial charge < -0.3 is 9.72 Å². The highest BCUT2D eigenvalue weighted by molar-refractivity contribution is 5.83. The predicted molar refractivity (Wildman–Crippen MR) is 96.1 cm³/mol. The number of H-pyrrole nitrogens is 2. The standard InChI is InChI=1S/C16H17N5O6/c1-9-11(15(23)19-16(24)18-9)4-6-14(22)20-17-8-10-3-5-13(27-2)12(7-10)21(25)26/h3,5,7-8H,4,6H2,1-2H3,(H,20,22)(H2,18,19,23,24)/b17-8+. The van der Waals surface area contributed by atoms with E-state index in [0.717, 1.165) is 0 Å². The van der Waals surface area contributed by atoms with Crippen LogP contribution in [0.5, 0.6) is 5.75 Å². The quantitative estimate of drug-likeness (QED) is 0.360. The largest absolute Gasteiger partial charge is 0.490 e. The van der Waals surface area contributed by atoms with E-state index in [-0.39, 0.29) is 24.3 Å². The molecular formula is C16H17N5O6. The first-order valence-electron chi connectivity index (χ1n) is 7.78. The maximum atomic E-state index is 11.8. The minimum atomic E-state index is -0.608. The van der Waals surface area contributed by atoms with Crippen molar-refractivity contribution < 1.29 is 14.5 Å². The highest BCUT2D eigenvalue weighted by atomic mass is 16.6. The summed E-state index contributed by atoms with van der Waals surface area (Å²) in [5, 5.41) is 14.7. The van der Waals surface area contributed by atoms with Crippen molar-refractivity contribution in [2.75, 3.05) is 7.11 Å². The average molecular weight is 375 g/mol. The third kappa shape index (κ3) is 5.11. The van der Waals surface area contributed by atoms with E-state index in [0.29, 0.717) is 16.8 Å². The average Bonchev–Trinajstić information content (AvgIpc) is 2.60. The number of hydrogen-bond acceptors (Lipinski definition) is 7. The van der Waals surface area contributed by atoms with E-state index in [1.54, 1.807) is 13.0 Å². The van der Waals surface area contributed by atoms with E-state index >= 15 is 0 Å². The SMILES string of the molecule is COc1ccc(/C=N/NC(=O)CCc2c(C)[nH]c(=O)[nH]c2=O)cc1[N+](=O)[O-]. The molecular weight excluding hydrogens is 358 g/mol. The highest BCUT2D eigenvalue weighted by Crippen LogP contribution is 2.26. The zero-order valence-corrected chi connectivity index (χ0v) is 14.6. The Kier molecular flexibility index (Phi) is 6.20. The smallest absolute Gasteiger partial charge is 0.325 e. The molecule has 142 valence electrons. The molecule has 1 amide bonds. The Morgan fingerprint density at radius 1 is 1.37 bits per heavy atom. The zero-order chi connectivity index (χ0) is 20.0. The van der Waals surface area contributed by atoms with Crippen LogP contribution in [0.15, 0.2) is 32.9 Å². The van der Waals surface area contributed by atoms with Gasteiger partial charge >= 0.3 is 11.4 Å². The van der Waals surface area contributed by atoms with Crippen LogP contribution in [-0.2, 0) is 11.2 Å². The molecule has 3 N–H and O–H groups in total. The third-order valence-electron chi connectivity index (χ3n) is 3.66. The molecule has 0 unspecified atom stereocenters. The molecule has 0 aliphatic rings. The fourth-order valence-electron chi connectivity index (χ4n) is 2.33. The maximum absolute atomic E-state index is 11.8. The van der Waals surface area contributed by atoms with Gasteiger partial charge in [-0.25, -0.2) is 10.2 Å². The van der Waals surface area contributed by atoms with E-state index in [2.05, 4.69) is 20.5 Å². The maximum Gasteiger partial charge on any atom is 0.325 e. The molecule has 0 aliphatic heterocycles. The van der Waals surface area contributed by atoms with E-state index in [9.17, 15) is 24.5 Å². The molecule has 0 radical (unpaired) electrons. The van der Waals surface area contributed by atoms with Crippen LogP contribution in [-0.4, -0.2) is 34.1 Å². The van der Waals surface area contributed by atoms with Gasteiger partial charge in [0, 0.05) is 29.3 Å². The number of rotatable bonds is 7. The molecule has 1 aromatic heterocycles. The Labute approximate surface area is 152 Å². The van der Waals surface area contributed by atoms with Crippen molar-refractivity contribution in [3.05, 3.63) is 66.0 Å². The topological polar surface area (TPSA) is 160 Å². The summed E-state index contributed by atoms with van der Waals surface area (Å²) in [5.74, 6) is -0.345. The monoisotopic (exact) mass is 375 g/mol. The van der Waals surface area contributed by atoms with Crippen molar-refractivity contribution in [2.45, 2.75) is 19.8 Å². The van der Waals surface area contributed by atoms with E-state index < -0.39 is 22.1 Å². The summed E-state index contributed by atoms with van der Waals surface area (Å²) in [7, 11) is 1.32. The second-order valence-electron chi connectivity index (χ2n) is 5.49. The van der Waals surface area contributed by atoms with Gasteiger partial charge in [-0.1, -0.05) is 0 Å². The van der Waals surface area contributed by atoms with Gasteiger partial charge in [-0.2, -0.15) is 5.10 Å². The number of nitro benzene ring substituents is 1. The molecule has 0 aliphatic carbocycles. The number of aromatic nitrogens is 2. The van der Waals surface area contributed by atoms with E-state index in [1.165, 1.54) is 25.5 Å². The molecule has 0 atom stereocenters. The fraction of sp³-hybridized carbons (Fsp3) is 0.250. The van der Waals surface area contributed by atoms with Crippen molar-refractivity contribution in [2.24, 2.45) is 5.10 Å². The first kappa shape index (κ1) is 19.6. The second kappa shape index (κ2) is 8.56. The molecule has 2 aromatic rings. The van der Waals surface area contributed by atoms with Gasteiger partial charge in [-0.15, -0.1) is 0 Å². The Balaban J connectivity index is 1.98. The van der Waals surface area contributed by atoms with Crippen LogP contribution < -0.4 is 21.4 Å². The molecule has 0 bridgehead atoms. The Morgan fingerprint density at radius 3 is 2.74 bits per heavy atom. The van der Waals surface area contributed by atoms with Crippen molar-refractivity contribution in [1.29, 1.82) is 0 Å². The Hall–Kier alpha value is -3.76. The van der Waals surface area contributed by atoms with Gasteiger partial charge in [-0.05, 0) is 25.5 Å². The lowest BCUT2D eigenvalue weighted by Gasteiger charge is -2.04. The molecule has 2 rings (SSSR count). The normalized spacial score (nSPS) is 10.7. The number of hydrazone groups is 1. The number of amides is 1. The van der Waals surface area contributed by atoms with Crippen molar-refractivity contribution >= 4 is 17.8 Å². The minimum absolute atomic E-state index is 0.0317. The summed E-state index contributed by atoms with van der Waals surface area (Å²) in [6, 6.07) is 4.23. The molecule has 0 spiro atoms. The van der Waals surface area contributed by atoms with Gasteiger partial charge in [0.25, 0.3) is 5.56 Å². The van der Waals surface area contributed by atoms with Gasteiger partial charge in [0.15, 0.2) is 5.75 Å². The van der Waals surface area contributed by atoms with Crippen LogP contribution >= 0.6 is 0 Å². The number of methoxy groups -OCH3 is 1. The molecule has 27 heavy (non-hydrogen) atoms. The summed E-state index contributed by atoms with van der Waals surface area (Å²) in [6.07, 6.45) is 1.34. The van der Waals surface area contributed by atoms with Crippen LogP contribution in [0.4, 0.5) is 5.69 Å². The van der Waals surface area contributed by atoms with Crippen LogP contribution in [0.25, 0.3) is 0 Å². The molecule has 1 heterocycles. The fourth-order valence-corrected chi connectivity index (χ4v) is 2.33. The van der Waals surface area contributed by atoms with E-state index in [1.807, 2.05) is 0 Å². The van der Waals surface area contributed by atoms with Crippen molar-refractivity contribution in [3.63, 3.8) is 0 Å². The van der Waals surface area contributed by atoms with Gasteiger partial charge in [0.05, 0.1) is 18.2 Å². The van der Waals surface area contributed by atoms with Crippen LogP contribution in [0.1, 0.15) is 23.2 Å². The summed E-state index contributed by atoms with van der Waals surface area (Å²) >= 11 is 0. The van der Waals surface area contributed by atoms with Gasteiger partial charge in [0.2, 0.25) is 5.91 Å². The number of aromatic amines is 2. The number of nitro groups is 1. The minimum Gasteiger partial charge on any atom is -0.490 e. The van der Waals surface area contributed by atoms with Crippen LogP contribution in [0.2, 0.25) is 0 Å². The van der Waals surface area contributed by atoms with E-state index in [4.69, 9.17) is 4.74 Å². The van der Waals surface area contributed by atoms with Crippen LogP contribution in [0.3, 0.4) is 0 Å². The lowest BCUT2D eigenvalue weighted by molar-refractivity contribution is -0.385. The van der Waals surface area contributed by atoms with Gasteiger partial charge in [0.1, 0.15) is 0 Å². The Morgan fingerprint density at radius 2 is 2.11 bits per heavy atom. The lowest BCUT2D eigenvalue weighted by atomic mass is 10.1. The number of hydrogen-bond donors (Lipinski definition) is 3. The number of carbonyl (C=O) groups is 1. The number of aryl methyl sites for hydroxylation is 1. The van der Waals surface area contributed by atoms with Crippen molar-refractivity contribution in [3.8, 4) is 5.75 Å². The summed E-state index contributed by atoms with van der Waals surface area (Å²) in [4.78, 5) is 49.6. The van der Waals surface area contributed by atoms with Crippen molar-refractivity contribution in [1.82, 2.24) is 15.4 Å². The van der Waals surface area contributed by atoms with Gasteiger partial charge in [-0.3, -0.25) is 24.7 Å². The first-order valence-corrected chi connectivity index (χ1v) is 7.78. The highest BCUT2D eigenvalue weighted by Gasteiger charge is 2.14. The summed E-state index contributed by atoms with van der Waals surface area (Å²) in [6.45, 7) is 1.57. The number of nitrogens with one attached hydrogen (secondary N) is 3. The molecule has 11 nitrogen and oxygen atoms in total. The number of ether oxygens (including phenoxy) is 1. The number of nitrogens with zero attached hydrogens (tertiary/aromatic N) is 2. The predicted octanol–water partition coefficient (Wildman–Crippen LogP) is 0.371. The molecule has 11 heteroatoms. The van der Waals surface area contributed by atoms with Crippen LogP contribution in [0, 0.1) is 17.0 Å². The summed E-state index contributed by atoms with van der Waals surface area (Å²) in [5.41, 5.74) is 2.00. The molecule has 0 saturated heterocycles. The third-order valence-corrected chi connectivity index (χ3v) is 3.66. The number of benzene rings is 1. The molecule has 0 saturated carbocycles. The second-order valence-corrected chi connectivity index (χ2v) is 5.49. The molecule has 0 fully saturated rings. The summed E-state index contributed by atoms with van der Waals surface area (Å²) < 4.78 is 4.90. The zero-order valence-electron chi connectivity index (χ0n) is 14.6. The molecule has 1 aromatic carbocycles.